The molecule has 0 unspecified atom stereocenters. The molecule has 0 fully saturated rings. The van der Waals surface area contributed by atoms with Gasteiger partial charge in [-0.1, -0.05) is 0 Å². The molecule has 0 radical (unpaired) electrons. The summed E-state index contributed by atoms with van der Waals surface area (Å²) in [4.78, 5) is 0. The van der Waals surface area contributed by atoms with Gasteiger partial charge in [0.2, 0.25) is 0 Å². The summed E-state index contributed by atoms with van der Waals surface area (Å²) in [5.74, 6) is 0. The number of hydrogen-bond acceptors (Lipinski definition) is 0. The van der Waals surface area contributed by atoms with Crippen LogP contribution in [0.1, 0.15) is 0 Å². The van der Waals surface area contributed by atoms with E-state index in [-0.39, 0.29) is 16.4 Å². The summed E-state index contributed by atoms with van der Waals surface area (Å²) >= 11 is 6.89. The summed E-state index contributed by atoms with van der Waals surface area (Å²) in [6, 6.07) is 0. The van der Waals surface area contributed by atoms with Gasteiger partial charge in [-0.05, 0) is 0 Å². The molecule has 0 aliphatic carbocycles. The molecule has 0 saturated carbocycles. The topological polar surface area (TPSA) is 85.5 Å². The van der Waals surface area contributed by atoms with E-state index >= 15 is 0 Å². The van der Waals surface area contributed by atoms with Gasteiger partial charge in [-0.3, -0.25) is 0 Å². The van der Waals surface area contributed by atoms with Crippen LogP contribution in [0.25, 0.3) is 0 Å². The summed E-state index contributed by atoms with van der Waals surface area (Å²) in [7, 11) is 0. The monoisotopic (exact) mass is 424 g/mol. The van der Waals surface area contributed by atoms with Crippen LogP contribution in [0.15, 0.2) is 0 Å². The average Bonchev–Trinajstić information content (AvgIpc) is 1.50. The molecule has 7 heteroatoms. The summed E-state index contributed by atoms with van der Waals surface area (Å²) in [6.45, 7) is 0. The summed E-state index contributed by atoms with van der Waals surface area (Å²) in [5, 5.41) is 0. The fourth-order valence-corrected chi connectivity index (χ4v) is 0. The van der Waals surface area contributed by atoms with E-state index in [4.69, 9.17) is 0 Å². The van der Waals surface area contributed by atoms with Gasteiger partial charge in [-0.15, -0.1) is 0 Å². The molecular weight excluding hydrogens is 424 g/mol. The van der Waals surface area contributed by atoms with Gasteiger partial charge >= 0.3 is 94.3 Å². The minimum absolute atomic E-state index is 0. The Bertz CT molecular complexity index is 10.9. The first-order chi connectivity index (χ1) is 2.00. The third-order valence-electron chi connectivity index (χ3n) is 0. The number of rotatable bonds is 0. The van der Waals surface area contributed by atoms with E-state index in [9.17, 15) is 0 Å². The Kier molecular flexibility index (Phi) is 218. The first-order valence-electron chi connectivity index (χ1n) is 0.500. The van der Waals surface area contributed by atoms with E-state index in [1.54, 1.807) is 0 Å². The van der Waals surface area contributed by atoms with Crippen molar-refractivity contribution in [3.05, 3.63) is 0 Å². The van der Waals surface area contributed by atoms with E-state index in [0.717, 1.165) is 0 Å². The van der Waals surface area contributed by atoms with E-state index in [2.05, 4.69) is 24.5 Å². The predicted molar refractivity (Wildman–Crippen MR) is 2.06 cm³/mol. The van der Waals surface area contributed by atoms with Crippen molar-refractivity contribution >= 4 is 0 Å². The van der Waals surface area contributed by atoms with Crippen molar-refractivity contribution < 1.29 is 111 Å². The molecule has 7 heavy (non-hydrogen) atoms. The summed E-state index contributed by atoms with van der Waals surface area (Å²) in [6.07, 6.45) is 0. The third-order valence-corrected chi connectivity index (χ3v) is 0. The molecule has 0 aliphatic rings. The molecule has 0 heterocycles. The molecule has 3 nitrogen and oxygen atoms in total. The molecule has 0 aromatic rings. The molecule has 0 rings (SSSR count). The second kappa shape index (κ2) is 50.1. The molecule has 0 N–H and O–H groups in total. The molecule has 0 aliphatic heterocycles. The van der Waals surface area contributed by atoms with Crippen LogP contribution in [0, 0.1) is 69.8 Å². The van der Waals surface area contributed by atoms with Gasteiger partial charge in [0.05, 0.1) is 0 Å². The molecule has 0 aromatic heterocycles. The van der Waals surface area contributed by atoms with Gasteiger partial charge in [-0.2, -0.15) is 0 Å². The van der Waals surface area contributed by atoms with Crippen molar-refractivity contribution in [2.45, 2.75) is 0 Å². The van der Waals surface area contributed by atoms with Crippen LogP contribution in [0.4, 0.5) is 0 Å². The maximum atomic E-state index is 2.14. The Labute approximate surface area is 107 Å². The third kappa shape index (κ3) is 39.6. The van der Waals surface area contributed by atoms with Crippen molar-refractivity contribution in [1.29, 1.82) is 0 Å². The fraction of sp³-hybridized carbons (Fsp3) is 0. The maximum absolute atomic E-state index is 2.14. The molecule has 0 atom stereocenters. The van der Waals surface area contributed by atoms with Crippen molar-refractivity contribution in [1.82, 2.24) is 0 Å². The Balaban J connectivity index is -0.00000000267. The second-order valence-electron chi connectivity index (χ2n) is 0. The van der Waals surface area contributed by atoms with Crippen LogP contribution in [-0.4, -0.2) is 0 Å². The SMILES string of the molecule is [O-2].[O-2].[O-2].[Ti+3][Ce].[Ti+3][Ce]. The summed E-state index contributed by atoms with van der Waals surface area (Å²) < 4.78 is 0. The van der Waals surface area contributed by atoms with Gasteiger partial charge in [0.15, 0.2) is 0 Å². The van der Waals surface area contributed by atoms with Gasteiger partial charge < -0.3 is 16.4 Å². The zero-order valence-corrected chi connectivity index (χ0v) is 12.6. The van der Waals surface area contributed by atoms with Crippen LogP contribution in [0.5, 0.6) is 0 Å². The van der Waals surface area contributed by atoms with Crippen LogP contribution >= 0.6 is 0 Å². The van der Waals surface area contributed by atoms with Crippen LogP contribution in [0.3, 0.4) is 0 Å². The standard InChI is InChI=1S/2Ce.3O.2Ti/q;;3*-2;2*+3. The quantitative estimate of drug-likeness (QED) is 0.476. The average molecular weight is 424 g/mol. The zero-order valence-electron chi connectivity index (χ0n) is 3.22. The van der Waals surface area contributed by atoms with E-state index in [0.29, 0.717) is 0 Å². The molecule has 0 amide bonds. The van der Waals surface area contributed by atoms with Crippen LogP contribution in [0.2, 0.25) is 0 Å². The van der Waals surface area contributed by atoms with Crippen molar-refractivity contribution in [3.8, 4) is 0 Å². The van der Waals surface area contributed by atoms with Crippen LogP contribution < -0.4 is 0 Å². The Morgan fingerprint density at radius 1 is 0.571 bits per heavy atom. The fourth-order valence-electron chi connectivity index (χ4n) is 0. The first-order valence-corrected chi connectivity index (χ1v) is 15.0. The molecule has 0 spiro atoms. The van der Waals surface area contributed by atoms with Crippen molar-refractivity contribution in [2.75, 3.05) is 0 Å². The van der Waals surface area contributed by atoms with Crippen molar-refractivity contribution in [3.63, 3.8) is 0 Å². The van der Waals surface area contributed by atoms with E-state index < -0.39 is 0 Å². The molecule has 0 saturated heterocycles. The van der Waals surface area contributed by atoms with E-state index in [1.165, 1.54) is 69.8 Å². The van der Waals surface area contributed by atoms with Gasteiger partial charge in [0.1, 0.15) is 0 Å². The van der Waals surface area contributed by atoms with E-state index in [1.807, 2.05) is 0 Å². The number of hydrogen-bond donors (Lipinski definition) is 0. The van der Waals surface area contributed by atoms with Crippen LogP contribution in [-0.2, 0) is 40.9 Å². The normalized spacial score (nSPS) is 1.43. The first kappa shape index (κ1) is 30.5. The van der Waals surface area contributed by atoms with Gasteiger partial charge in [-0.25, -0.2) is 0 Å². The molecule has 0 bridgehead atoms. The minimum atomic E-state index is 0. The second-order valence-corrected chi connectivity index (χ2v) is 0. The molecule has 34 valence electrons. The Morgan fingerprint density at radius 3 is 0.571 bits per heavy atom. The predicted octanol–water partition coefficient (Wildman–Crippen LogP) is -0.361. The molecular formula is Ce2O3Ti2. The zero-order chi connectivity index (χ0) is 4.00. The Morgan fingerprint density at radius 2 is 0.571 bits per heavy atom. The van der Waals surface area contributed by atoms with Gasteiger partial charge in [0, 0.05) is 0 Å². The van der Waals surface area contributed by atoms with Gasteiger partial charge in [0.25, 0.3) is 0 Å². The molecule has 0 aromatic carbocycles. The Hall–Kier alpha value is 4.06. The summed E-state index contributed by atoms with van der Waals surface area (Å²) in [5.41, 5.74) is 0. The van der Waals surface area contributed by atoms with Crippen molar-refractivity contribution in [2.24, 2.45) is 0 Å².